The van der Waals surface area contributed by atoms with E-state index in [1.165, 1.54) is 25.0 Å². The lowest BCUT2D eigenvalue weighted by Crippen LogP contribution is -2.58. The van der Waals surface area contributed by atoms with E-state index >= 15 is 0 Å². The van der Waals surface area contributed by atoms with Crippen LogP contribution in [0, 0.1) is 5.82 Å². The van der Waals surface area contributed by atoms with E-state index in [9.17, 15) is 9.18 Å². The highest BCUT2D eigenvalue weighted by Gasteiger charge is 2.32. The number of carbonyl (C=O) groups is 1. The number of hydrogen-bond acceptors (Lipinski definition) is 4. The maximum Gasteiger partial charge on any atom is 0.260 e. The molecule has 0 bridgehead atoms. The number of ether oxygens (including phenoxy) is 1. The number of rotatable bonds is 6. The van der Waals surface area contributed by atoms with Crippen LogP contribution in [-0.4, -0.2) is 60.6 Å². The Bertz CT molecular complexity index is 883. The molecule has 0 N–H and O–H groups in total. The molecule has 2 heterocycles. The second-order valence-corrected chi connectivity index (χ2v) is 8.75. The van der Waals surface area contributed by atoms with Crippen LogP contribution in [0.2, 0.25) is 0 Å². The van der Waals surface area contributed by atoms with E-state index in [1.807, 2.05) is 35.2 Å². The number of nitrogens with zero attached hydrogens (tertiary/aromatic N) is 3. The van der Waals surface area contributed by atoms with Crippen molar-refractivity contribution in [2.24, 2.45) is 0 Å². The van der Waals surface area contributed by atoms with Gasteiger partial charge in [0.1, 0.15) is 11.6 Å². The molecule has 2 fully saturated rings. The first-order valence-electron chi connectivity index (χ1n) is 11.3. The number of halogens is 1. The summed E-state index contributed by atoms with van der Waals surface area (Å²) >= 11 is 0. The van der Waals surface area contributed by atoms with Crippen LogP contribution in [0.15, 0.2) is 48.5 Å². The van der Waals surface area contributed by atoms with Crippen molar-refractivity contribution in [3.8, 4) is 5.75 Å². The third kappa shape index (κ3) is 5.18. The van der Waals surface area contributed by atoms with Gasteiger partial charge in [-0.2, -0.15) is 0 Å². The molecule has 31 heavy (non-hydrogen) atoms. The largest absolute Gasteiger partial charge is 0.482 e. The molecule has 2 saturated heterocycles. The molecule has 0 spiro atoms. The Morgan fingerprint density at radius 1 is 1.00 bits per heavy atom. The Labute approximate surface area is 184 Å². The fourth-order valence-corrected chi connectivity index (χ4v) is 4.61. The van der Waals surface area contributed by atoms with Crippen LogP contribution in [0.5, 0.6) is 5.75 Å². The van der Waals surface area contributed by atoms with Crippen molar-refractivity contribution in [1.82, 2.24) is 9.80 Å². The molecule has 2 aromatic carbocycles. The van der Waals surface area contributed by atoms with Crippen molar-refractivity contribution >= 4 is 11.6 Å². The van der Waals surface area contributed by atoms with Gasteiger partial charge < -0.3 is 14.5 Å². The molecule has 4 rings (SSSR count). The van der Waals surface area contributed by atoms with E-state index in [4.69, 9.17) is 4.74 Å². The fourth-order valence-electron chi connectivity index (χ4n) is 4.61. The molecule has 2 unspecified atom stereocenters. The minimum absolute atomic E-state index is 0.0250. The maximum atomic E-state index is 13.2. The molecule has 0 saturated carbocycles. The lowest BCUT2D eigenvalue weighted by atomic mass is 10.1. The summed E-state index contributed by atoms with van der Waals surface area (Å²) in [6, 6.07) is 15.0. The van der Waals surface area contributed by atoms with Gasteiger partial charge in [-0.1, -0.05) is 24.3 Å². The van der Waals surface area contributed by atoms with Gasteiger partial charge in [-0.15, -0.1) is 0 Å². The van der Waals surface area contributed by atoms with Crippen LogP contribution >= 0.6 is 0 Å². The molecule has 1 amide bonds. The Kier molecular flexibility index (Phi) is 6.76. The van der Waals surface area contributed by atoms with E-state index in [1.54, 1.807) is 0 Å². The van der Waals surface area contributed by atoms with Crippen LogP contribution in [0.1, 0.15) is 32.3 Å². The van der Waals surface area contributed by atoms with Crippen molar-refractivity contribution < 1.29 is 13.9 Å². The molecule has 2 aromatic rings. The number of hydrogen-bond donors (Lipinski definition) is 0. The number of amides is 1. The number of benzene rings is 2. The first-order chi connectivity index (χ1) is 15.0. The summed E-state index contributed by atoms with van der Waals surface area (Å²) in [6.07, 6.45) is 2.40. The van der Waals surface area contributed by atoms with Crippen molar-refractivity contribution in [2.75, 3.05) is 37.7 Å². The van der Waals surface area contributed by atoms with Crippen LogP contribution in [0.4, 0.5) is 10.1 Å². The minimum atomic E-state index is -0.216. The molecule has 2 aliphatic rings. The monoisotopic (exact) mass is 425 g/mol. The zero-order chi connectivity index (χ0) is 21.8. The molecule has 6 heteroatoms. The summed E-state index contributed by atoms with van der Waals surface area (Å²) < 4.78 is 19.2. The van der Waals surface area contributed by atoms with Crippen LogP contribution in [0.3, 0.4) is 0 Å². The van der Waals surface area contributed by atoms with Crippen LogP contribution < -0.4 is 9.64 Å². The smallest absolute Gasteiger partial charge is 0.260 e. The Hall–Kier alpha value is -2.60. The molecular formula is C25H32FN3O2. The van der Waals surface area contributed by atoms with Gasteiger partial charge in [-0.3, -0.25) is 9.69 Å². The number of anilines is 1. The Balaban J connectivity index is 1.34. The predicted octanol–water partition coefficient (Wildman–Crippen LogP) is 3.93. The summed E-state index contributed by atoms with van der Waals surface area (Å²) in [5.41, 5.74) is 2.17. The van der Waals surface area contributed by atoms with Crippen molar-refractivity contribution in [3.05, 3.63) is 59.9 Å². The summed E-state index contributed by atoms with van der Waals surface area (Å²) in [6.45, 7) is 8.57. The number of carbonyl (C=O) groups excluding carboxylic acids is 1. The van der Waals surface area contributed by atoms with Gasteiger partial charge in [-0.05, 0) is 56.5 Å². The maximum absolute atomic E-state index is 13.2. The molecule has 166 valence electrons. The predicted molar refractivity (Wildman–Crippen MR) is 121 cm³/mol. The topological polar surface area (TPSA) is 36.0 Å². The third-order valence-electron chi connectivity index (χ3n) is 6.40. The minimum Gasteiger partial charge on any atom is -0.482 e. The summed E-state index contributed by atoms with van der Waals surface area (Å²) in [7, 11) is 0. The Morgan fingerprint density at radius 3 is 2.45 bits per heavy atom. The highest BCUT2D eigenvalue weighted by molar-refractivity contribution is 5.78. The number of para-hydroxylation sites is 2. The van der Waals surface area contributed by atoms with Gasteiger partial charge in [-0.25, -0.2) is 4.39 Å². The van der Waals surface area contributed by atoms with E-state index in [-0.39, 0.29) is 30.4 Å². The summed E-state index contributed by atoms with van der Waals surface area (Å²) in [4.78, 5) is 19.6. The normalized spacial score (nSPS) is 22.0. The molecule has 0 radical (unpaired) electrons. The van der Waals surface area contributed by atoms with E-state index in [0.717, 1.165) is 43.2 Å². The lowest BCUT2D eigenvalue weighted by molar-refractivity contribution is -0.139. The quantitative estimate of drug-likeness (QED) is 0.703. The van der Waals surface area contributed by atoms with Gasteiger partial charge in [0.2, 0.25) is 0 Å². The van der Waals surface area contributed by atoms with E-state index in [0.29, 0.717) is 6.54 Å². The SMILES string of the molecule is CC1CN(C(=O)COc2ccccc2N2CCCC2)C(C)CN1Cc1ccc(F)cc1. The van der Waals surface area contributed by atoms with Gasteiger partial charge in [0.05, 0.1) is 5.69 Å². The summed E-state index contributed by atoms with van der Waals surface area (Å²) in [5, 5.41) is 0. The number of piperazine rings is 1. The highest BCUT2D eigenvalue weighted by Crippen LogP contribution is 2.30. The first kappa shape index (κ1) is 21.6. The van der Waals surface area contributed by atoms with Crippen molar-refractivity contribution in [1.29, 1.82) is 0 Å². The second-order valence-electron chi connectivity index (χ2n) is 8.75. The van der Waals surface area contributed by atoms with Gasteiger partial charge in [0, 0.05) is 44.8 Å². The zero-order valence-electron chi connectivity index (χ0n) is 18.5. The first-order valence-corrected chi connectivity index (χ1v) is 11.3. The van der Waals surface area contributed by atoms with Gasteiger partial charge in [0.25, 0.3) is 5.91 Å². The third-order valence-corrected chi connectivity index (χ3v) is 6.40. The fraction of sp³-hybridized carbons (Fsp3) is 0.480. The van der Waals surface area contributed by atoms with Crippen LogP contribution in [-0.2, 0) is 11.3 Å². The van der Waals surface area contributed by atoms with E-state index < -0.39 is 0 Å². The summed E-state index contributed by atoms with van der Waals surface area (Å²) in [5.74, 6) is 0.595. The molecular weight excluding hydrogens is 393 g/mol. The second kappa shape index (κ2) is 9.69. The molecule has 2 aliphatic heterocycles. The molecule has 2 atom stereocenters. The average molecular weight is 426 g/mol. The standard InChI is InChI=1S/C25H32FN3O2/c1-19-16-29(20(2)15-28(19)17-21-9-11-22(26)12-10-21)25(30)18-31-24-8-4-3-7-23(24)27-13-5-6-14-27/h3-4,7-12,19-20H,5-6,13-18H2,1-2H3. The van der Waals surface area contributed by atoms with Gasteiger partial charge in [0.15, 0.2) is 6.61 Å². The van der Waals surface area contributed by atoms with Gasteiger partial charge >= 0.3 is 0 Å². The lowest BCUT2D eigenvalue weighted by Gasteiger charge is -2.44. The van der Waals surface area contributed by atoms with Crippen LogP contribution in [0.25, 0.3) is 0 Å². The molecule has 0 aliphatic carbocycles. The highest BCUT2D eigenvalue weighted by atomic mass is 19.1. The van der Waals surface area contributed by atoms with Crippen molar-refractivity contribution in [3.63, 3.8) is 0 Å². The zero-order valence-corrected chi connectivity index (χ0v) is 18.5. The average Bonchev–Trinajstić information content (AvgIpc) is 3.31. The molecule has 0 aromatic heterocycles. The van der Waals surface area contributed by atoms with Crippen molar-refractivity contribution in [2.45, 2.75) is 45.3 Å². The van der Waals surface area contributed by atoms with E-state index in [2.05, 4.69) is 29.7 Å². The molecule has 5 nitrogen and oxygen atoms in total. The Morgan fingerprint density at radius 2 is 1.71 bits per heavy atom.